The number of hydrogen-bond acceptors (Lipinski definition) is 4. The largest absolute Gasteiger partial charge is 0.498 e. The van der Waals surface area contributed by atoms with Crippen molar-refractivity contribution < 1.29 is 13.7 Å². The third-order valence-corrected chi connectivity index (χ3v) is 5.91. The van der Waals surface area contributed by atoms with Gasteiger partial charge in [-0.15, -0.1) is 0 Å². The number of rotatable bonds is 3. The molecule has 3 aromatic rings. The van der Waals surface area contributed by atoms with E-state index in [0.29, 0.717) is 4.47 Å². The lowest BCUT2D eigenvalue weighted by Gasteiger charge is -2.32. The Hall–Kier alpha value is -2.47. The molecule has 2 aromatic carbocycles. The van der Waals surface area contributed by atoms with Gasteiger partial charge in [0.05, 0.1) is 23.3 Å². The number of halogens is 2. The summed E-state index contributed by atoms with van der Waals surface area (Å²) in [6, 6.07) is 16.2. The molecule has 2 heterocycles. The second-order valence-electron chi connectivity index (χ2n) is 8.28. The van der Waals surface area contributed by atoms with Gasteiger partial charge in [0.2, 0.25) is 0 Å². The molecule has 8 heteroatoms. The molecule has 4 rings (SSSR count). The van der Waals surface area contributed by atoms with Gasteiger partial charge in [0.1, 0.15) is 11.9 Å². The summed E-state index contributed by atoms with van der Waals surface area (Å²) in [4.78, 5) is 0. The van der Waals surface area contributed by atoms with Gasteiger partial charge in [-0.1, -0.05) is 46.3 Å². The number of nitriles is 1. The van der Waals surface area contributed by atoms with E-state index in [9.17, 15) is 4.39 Å². The first-order valence-electron chi connectivity index (χ1n) is 9.88. The molecule has 0 N–H and O–H groups in total. The molecule has 0 radical (unpaired) electrons. The normalized spacial score (nSPS) is 16.4. The molecule has 0 spiro atoms. The molecule has 0 atom stereocenters. The van der Waals surface area contributed by atoms with E-state index < -0.39 is 5.82 Å². The molecule has 160 valence electrons. The SMILES string of the molecule is CC1(C)OB(c2cnn(Cc3ccccc3)c2)OC1(C)C.N#Cc1cc(Br)ccc1F. The number of hydrogen-bond donors (Lipinski definition) is 0. The van der Waals surface area contributed by atoms with Gasteiger partial charge in [-0.2, -0.15) is 10.4 Å². The van der Waals surface area contributed by atoms with Crippen LogP contribution in [-0.2, 0) is 15.9 Å². The molecular formula is C23H24BBrFN3O2. The van der Waals surface area contributed by atoms with Crippen molar-refractivity contribution in [3.63, 3.8) is 0 Å². The summed E-state index contributed by atoms with van der Waals surface area (Å²) in [7, 11) is -0.348. The minimum absolute atomic E-state index is 0.0642. The summed E-state index contributed by atoms with van der Waals surface area (Å²) in [5, 5.41) is 12.7. The molecular weight excluding hydrogens is 460 g/mol. The first-order valence-corrected chi connectivity index (χ1v) is 10.7. The predicted octanol–water partition coefficient (Wildman–Crippen LogP) is 4.69. The van der Waals surface area contributed by atoms with Gasteiger partial charge in [-0.05, 0) is 51.5 Å². The van der Waals surface area contributed by atoms with Crippen molar-refractivity contribution in [2.75, 3.05) is 0 Å². The van der Waals surface area contributed by atoms with Gasteiger partial charge in [-0.25, -0.2) is 4.39 Å². The molecule has 0 bridgehead atoms. The van der Waals surface area contributed by atoms with E-state index in [4.69, 9.17) is 14.6 Å². The van der Waals surface area contributed by atoms with Gasteiger partial charge < -0.3 is 9.31 Å². The predicted molar refractivity (Wildman–Crippen MR) is 122 cm³/mol. The molecule has 0 saturated carbocycles. The maximum absolute atomic E-state index is 12.5. The Bertz CT molecular complexity index is 1060. The standard InChI is InChI=1S/C16H21BN2O2.C7H3BrFN/c1-15(2)16(3,4)21-17(20-15)14-10-18-19(12-14)11-13-8-6-5-7-9-13;8-6-1-2-7(9)5(3-6)4-10/h5-10,12H,11H2,1-4H3;1-3H. The fraction of sp³-hybridized carbons (Fsp3) is 0.304. The summed E-state index contributed by atoms with van der Waals surface area (Å²) in [5.74, 6) is -0.481. The van der Waals surface area contributed by atoms with Crippen LogP contribution in [0.15, 0.2) is 65.4 Å². The minimum atomic E-state index is -0.481. The fourth-order valence-corrected chi connectivity index (χ4v) is 3.28. The van der Waals surface area contributed by atoms with Gasteiger partial charge in [-0.3, -0.25) is 4.68 Å². The zero-order valence-corrected chi connectivity index (χ0v) is 19.6. The molecule has 1 aliphatic rings. The second-order valence-corrected chi connectivity index (χ2v) is 9.20. The van der Waals surface area contributed by atoms with E-state index in [1.165, 1.54) is 17.7 Å². The van der Waals surface area contributed by atoms with Gasteiger partial charge >= 0.3 is 7.12 Å². The van der Waals surface area contributed by atoms with Crippen LogP contribution in [0.5, 0.6) is 0 Å². The topological polar surface area (TPSA) is 60.1 Å². The van der Waals surface area contributed by atoms with E-state index in [1.807, 2.05) is 35.3 Å². The van der Waals surface area contributed by atoms with E-state index in [2.05, 4.69) is 60.9 Å². The van der Waals surface area contributed by atoms with Crippen LogP contribution in [0.4, 0.5) is 4.39 Å². The van der Waals surface area contributed by atoms with E-state index in [-0.39, 0.29) is 23.9 Å². The number of nitrogens with zero attached hydrogens (tertiary/aromatic N) is 3. The van der Waals surface area contributed by atoms with Crippen molar-refractivity contribution in [1.29, 1.82) is 5.26 Å². The highest BCUT2D eigenvalue weighted by atomic mass is 79.9. The van der Waals surface area contributed by atoms with Crippen LogP contribution in [0.2, 0.25) is 0 Å². The highest BCUT2D eigenvalue weighted by Crippen LogP contribution is 2.36. The molecule has 0 amide bonds. The monoisotopic (exact) mass is 483 g/mol. The van der Waals surface area contributed by atoms with Crippen molar-refractivity contribution in [1.82, 2.24) is 9.78 Å². The molecule has 1 saturated heterocycles. The molecule has 0 aliphatic carbocycles. The van der Waals surface area contributed by atoms with Crippen LogP contribution >= 0.6 is 15.9 Å². The van der Waals surface area contributed by atoms with Gasteiger partial charge in [0, 0.05) is 22.3 Å². The van der Waals surface area contributed by atoms with Crippen LogP contribution < -0.4 is 5.46 Å². The third-order valence-electron chi connectivity index (χ3n) is 5.41. The summed E-state index contributed by atoms with van der Waals surface area (Å²) in [6.07, 6.45) is 3.82. The Labute approximate surface area is 191 Å². The molecule has 1 fully saturated rings. The molecule has 31 heavy (non-hydrogen) atoms. The zero-order chi connectivity index (χ0) is 22.6. The molecule has 1 aliphatic heterocycles. The van der Waals surface area contributed by atoms with Crippen LogP contribution in [0.25, 0.3) is 0 Å². The summed E-state index contributed by atoms with van der Waals surface area (Å²) >= 11 is 3.12. The number of benzene rings is 2. The first-order chi connectivity index (χ1) is 14.6. The van der Waals surface area contributed by atoms with Gasteiger partial charge in [0.25, 0.3) is 0 Å². The van der Waals surface area contributed by atoms with Gasteiger partial charge in [0.15, 0.2) is 0 Å². The molecule has 5 nitrogen and oxygen atoms in total. The highest BCUT2D eigenvalue weighted by Gasteiger charge is 2.52. The lowest BCUT2D eigenvalue weighted by Crippen LogP contribution is -2.41. The minimum Gasteiger partial charge on any atom is -0.399 e. The average Bonchev–Trinajstić information content (AvgIpc) is 3.26. The molecule has 0 unspecified atom stereocenters. The van der Waals surface area contributed by atoms with Crippen LogP contribution in [0.3, 0.4) is 0 Å². The van der Waals surface area contributed by atoms with Crippen molar-refractivity contribution in [2.45, 2.75) is 45.4 Å². The van der Waals surface area contributed by atoms with Crippen molar-refractivity contribution >= 4 is 28.5 Å². The summed E-state index contributed by atoms with van der Waals surface area (Å²) in [6.45, 7) is 8.98. The summed E-state index contributed by atoms with van der Waals surface area (Å²) < 4.78 is 27.2. The number of aromatic nitrogens is 2. The lowest BCUT2D eigenvalue weighted by molar-refractivity contribution is 0.00578. The fourth-order valence-electron chi connectivity index (χ4n) is 2.92. The van der Waals surface area contributed by atoms with Crippen LogP contribution in [0.1, 0.15) is 38.8 Å². The van der Waals surface area contributed by atoms with E-state index in [1.54, 1.807) is 12.1 Å². The zero-order valence-electron chi connectivity index (χ0n) is 18.0. The highest BCUT2D eigenvalue weighted by molar-refractivity contribution is 9.10. The van der Waals surface area contributed by atoms with E-state index in [0.717, 1.165) is 12.0 Å². The van der Waals surface area contributed by atoms with Crippen LogP contribution in [-0.4, -0.2) is 28.1 Å². The average molecular weight is 484 g/mol. The maximum Gasteiger partial charge on any atom is 0.498 e. The Morgan fingerprint density at radius 3 is 2.32 bits per heavy atom. The van der Waals surface area contributed by atoms with Crippen LogP contribution in [0, 0.1) is 17.1 Å². The Balaban J connectivity index is 0.000000229. The van der Waals surface area contributed by atoms with E-state index >= 15 is 0 Å². The van der Waals surface area contributed by atoms with Crippen molar-refractivity contribution in [3.05, 3.63) is 82.3 Å². The lowest BCUT2D eigenvalue weighted by atomic mass is 9.82. The Morgan fingerprint density at radius 1 is 1.10 bits per heavy atom. The smallest absolute Gasteiger partial charge is 0.399 e. The maximum atomic E-state index is 12.5. The Kier molecular flexibility index (Phi) is 7.00. The van der Waals surface area contributed by atoms with Crippen molar-refractivity contribution in [3.8, 4) is 6.07 Å². The third kappa shape index (κ3) is 5.62. The molecule has 1 aromatic heterocycles. The Morgan fingerprint density at radius 2 is 1.74 bits per heavy atom. The van der Waals surface area contributed by atoms with Crippen molar-refractivity contribution in [2.24, 2.45) is 0 Å². The quantitative estimate of drug-likeness (QED) is 0.507. The summed E-state index contributed by atoms with van der Waals surface area (Å²) in [5.41, 5.74) is 1.61. The first kappa shape index (κ1) is 23.2. The second kappa shape index (κ2) is 9.35.